The van der Waals surface area contributed by atoms with Crippen LogP contribution in [0.15, 0.2) is 28.1 Å². The molecule has 0 aliphatic carbocycles. The van der Waals surface area contributed by atoms with Crippen molar-refractivity contribution in [2.45, 2.75) is 37.3 Å². The summed E-state index contributed by atoms with van der Waals surface area (Å²) in [7, 11) is -1.73. The van der Waals surface area contributed by atoms with E-state index < -0.39 is 10.0 Å². The molecule has 0 amide bonds. The second-order valence-electron chi connectivity index (χ2n) is 6.49. The predicted molar refractivity (Wildman–Crippen MR) is 126 cm³/mol. The third kappa shape index (κ3) is 7.10. The molecule has 1 saturated heterocycles. The third-order valence-corrected chi connectivity index (χ3v) is 7.41. The van der Waals surface area contributed by atoms with E-state index in [1.807, 2.05) is 37.7 Å². The zero-order valence-electron chi connectivity index (χ0n) is 16.5. The maximum Gasteiger partial charge on any atom is 0.240 e. The van der Waals surface area contributed by atoms with Crippen LogP contribution in [0.3, 0.4) is 0 Å². The number of sulfonamides is 1. The monoisotopic (exact) mass is 526 g/mol. The van der Waals surface area contributed by atoms with Gasteiger partial charge in [-0.05, 0) is 37.5 Å². The normalized spacial score (nSPS) is 18.1. The Morgan fingerprint density at radius 1 is 1.33 bits per heavy atom. The highest BCUT2D eigenvalue weighted by Gasteiger charge is 2.21. The van der Waals surface area contributed by atoms with Gasteiger partial charge in [0, 0.05) is 44.2 Å². The highest BCUT2D eigenvalue weighted by atomic mass is 127. The molecule has 27 heavy (non-hydrogen) atoms. The van der Waals surface area contributed by atoms with Crippen molar-refractivity contribution in [3.63, 3.8) is 0 Å². The number of nitrogens with one attached hydrogen (secondary N) is 2. The van der Waals surface area contributed by atoms with Crippen molar-refractivity contribution < 1.29 is 8.42 Å². The van der Waals surface area contributed by atoms with E-state index in [1.165, 1.54) is 0 Å². The van der Waals surface area contributed by atoms with Crippen LogP contribution in [0.4, 0.5) is 0 Å². The van der Waals surface area contributed by atoms with Crippen LogP contribution in [0.1, 0.15) is 24.5 Å². The van der Waals surface area contributed by atoms with E-state index in [9.17, 15) is 8.42 Å². The van der Waals surface area contributed by atoms with E-state index in [0.717, 1.165) is 42.3 Å². The van der Waals surface area contributed by atoms with E-state index in [-0.39, 0.29) is 24.0 Å². The van der Waals surface area contributed by atoms with Gasteiger partial charge in [-0.15, -0.1) is 24.0 Å². The number of nitrogens with zero attached hydrogens (tertiary/aromatic N) is 2. The summed E-state index contributed by atoms with van der Waals surface area (Å²) >= 11 is 2.01. The number of halogens is 1. The molecule has 2 rings (SSSR count). The van der Waals surface area contributed by atoms with Gasteiger partial charge in [-0.3, -0.25) is 4.99 Å². The van der Waals surface area contributed by atoms with Gasteiger partial charge in [-0.2, -0.15) is 11.8 Å². The van der Waals surface area contributed by atoms with Gasteiger partial charge in [0.25, 0.3) is 0 Å². The number of benzene rings is 1. The molecular weight excluding hydrogens is 495 g/mol. The molecule has 9 heteroatoms. The standard InChI is InChI=1S/C18H30N4O2S2.HI/c1-5-16-13-22(10-11-25-16)18(19-4)20-8-9-21-26(23,24)17-12-14(2)6-7-15(17)3;/h6-7,12,16,21H,5,8-11,13H2,1-4H3,(H,19,20);1H. The van der Waals surface area contributed by atoms with Crippen LogP contribution in [0, 0.1) is 13.8 Å². The Hall–Kier alpha value is -0.520. The van der Waals surface area contributed by atoms with Crippen LogP contribution in [0.2, 0.25) is 0 Å². The summed E-state index contributed by atoms with van der Waals surface area (Å²) in [6.07, 6.45) is 1.15. The van der Waals surface area contributed by atoms with E-state index >= 15 is 0 Å². The summed E-state index contributed by atoms with van der Waals surface area (Å²) in [6.45, 7) is 8.67. The Bertz CT molecular complexity index is 741. The molecule has 1 atom stereocenters. The minimum absolute atomic E-state index is 0. The Labute approximate surface area is 185 Å². The first kappa shape index (κ1) is 24.5. The van der Waals surface area contributed by atoms with Gasteiger partial charge in [0.2, 0.25) is 10.0 Å². The van der Waals surface area contributed by atoms with Crippen molar-refractivity contribution in [3.05, 3.63) is 29.3 Å². The molecule has 0 bridgehead atoms. The Balaban J connectivity index is 0.00000364. The van der Waals surface area contributed by atoms with Crippen molar-refractivity contribution in [1.29, 1.82) is 0 Å². The van der Waals surface area contributed by atoms with Crippen LogP contribution in [-0.4, -0.2) is 63.5 Å². The molecule has 2 N–H and O–H groups in total. The average Bonchev–Trinajstić information content (AvgIpc) is 2.63. The molecular formula is C18H31IN4O2S2. The lowest BCUT2D eigenvalue weighted by Gasteiger charge is -2.34. The lowest BCUT2D eigenvalue weighted by Crippen LogP contribution is -2.49. The summed E-state index contributed by atoms with van der Waals surface area (Å²) in [5, 5.41) is 3.90. The zero-order valence-corrected chi connectivity index (χ0v) is 20.5. The van der Waals surface area contributed by atoms with Crippen molar-refractivity contribution in [2.24, 2.45) is 4.99 Å². The number of aryl methyl sites for hydroxylation is 2. The number of hydrogen-bond acceptors (Lipinski definition) is 4. The average molecular weight is 527 g/mol. The van der Waals surface area contributed by atoms with Gasteiger partial charge >= 0.3 is 0 Å². The number of rotatable bonds is 6. The Kier molecular flexibility index (Phi) is 10.4. The van der Waals surface area contributed by atoms with Crippen molar-refractivity contribution in [2.75, 3.05) is 39.0 Å². The molecule has 1 unspecified atom stereocenters. The Morgan fingerprint density at radius 3 is 2.74 bits per heavy atom. The zero-order chi connectivity index (χ0) is 19.2. The molecule has 0 radical (unpaired) electrons. The smallest absolute Gasteiger partial charge is 0.240 e. The summed E-state index contributed by atoms with van der Waals surface area (Å²) in [5.74, 6) is 1.94. The summed E-state index contributed by atoms with van der Waals surface area (Å²) in [6, 6.07) is 5.46. The molecule has 1 aromatic carbocycles. The second-order valence-corrected chi connectivity index (χ2v) is 9.63. The molecule has 0 saturated carbocycles. The molecule has 6 nitrogen and oxygen atoms in total. The van der Waals surface area contributed by atoms with Crippen LogP contribution >= 0.6 is 35.7 Å². The van der Waals surface area contributed by atoms with Crippen molar-refractivity contribution in [1.82, 2.24) is 14.9 Å². The van der Waals surface area contributed by atoms with Gasteiger partial charge in [0.15, 0.2) is 5.96 Å². The number of thioether (sulfide) groups is 1. The fraction of sp³-hybridized carbons (Fsp3) is 0.611. The third-order valence-electron chi connectivity index (χ3n) is 4.44. The minimum Gasteiger partial charge on any atom is -0.355 e. The van der Waals surface area contributed by atoms with Gasteiger partial charge in [-0.25, -0.2) is 13.1 Å². The lowest BCUT2D eigenvalue weighted by atomic mass is 10.2. The first-order valence-electron chi connectivity index (χ1n) is 9.01. The molecule has 1 heterocycles. The van der Waals surface area contributed by atoms with Crippen molar-refractivity contribution >= 4 is 51.7 Å². The maximum atomic E-state index is 12.5. The summed E-state index contributed by atoms with van der Waals surface area (Å²) in [4.78, 5) is 6.95. The van der Waals surface area contributed by atoms with Crippen LogP contribution in [0.25, 0.3) is 0 Å². The Morgan fingerprint density at radius 2 is 2.07 bits per heavy atom. The summed E-state index contributed by atoms with van der Waals surface area (Å²) in [5.41, 5.74) is 1.69. The van der Waals surface area contributed by atoms with Crippen LogP contribution in [-0.2, 0) is 10.0 Å². The van der Waals surface area contributed by atoms with Crippen LogP contribution in [0.5, 0.6) is 0 Å². The first-order valence-corrected chi connectivity index (χ1v) is 11.5. The van der Waals surface area contributed by atoms with Gasteiger partial charge in [-0.1, -0.05) is 19.1 Å². The molecule has 154 valence electrons. The largest absolute Gasteiger partial charge is 0.355 e. The SMILES string of the molecule is CCC1CN(C(=NC)NCCNS(=O)(=O)c2cc(C)ccc2C)CCS1.I. The molecule has 0 aromatic heterocycles. The topological polar surface area (TPSA) is 73.8 Å². The molecule has 0 spiro atoms. The fourth-order valence-electron chi connectivity index (χ4n) is 2.93. The number of guanidine groups is 1. The molecule has 1 aliphatic rings. The lowest BCUT2D eigenvalue weighted by molar-refractivity contribution is 0.408. The molecule has 1 aliphatic heterocycles. The highest BCUT2D eigenvalue weighted by Crippen LogP contribution is 2.21. The van der Waals surface area contributed by atoms with E-state index in [4.69, 9.17) is 0 Å². The number of aliphatic imine (C=N–C) groups is 1. The molecule has 1 aromatic rings. The minimum atomic E-state index is -3.50. The highest BCUT2D eigenvalue weighted by molar-refractivity contribution is 14.0. The van der Waals surface area contributed by atoms with Gasteiger partial charge in [0.1, 0.15) is 0 Å². The van der Waals surface area contributed by atoms with E-state index in [1.54, 1.807) is 13.1 Å². The molecule has 1 fully saturated rings. The van der Waals surface area contributed by atoms with Gasteiger partial charge < -0.3 is 10.2 Å². The van der Waals surface area contributed by atoms with E-state index in [0.29, 0.717) is 23.2 Å². The van der Waals surface area contributed by atoms with Crippen molar-refractivity contribution in [3.8, 4) is 0 Å². The fourth-order valence-corrected chi connectivity index (χ4v) is 5.46. The quantitative estimate of drug-likeness (QED) is 0.258. The van der Waals surface area contributed by atoms with Gasteiger partial charge in [0.05, 0.1) is 4.90 Å². The first-order chi connectivity index (χ1) is 12.4. The summed E-state index contributed by atoms with van der Waals surface area (Å²) < 4.78 is 27.7. The number of hydrogen-bond donors (Lipinski definition) is 2. The predicted octanol–water partition coefficient (Wildman–Crippen LogP) is 2.60. The second kappa shape index (κ2) is 11.5. The van der Waals surface area contributed by atoms with E-state index in [2.05, 4.69) is 26.9 Å². The maximum absolute atomic E-state index is 12.5. The van der Waals surface area contributed by atoms with Crippen LogP contribution < -0.4 is 10.0 Å².